The van der Waals surface area contributed by atoms with Crippen molar-refractivity contribution in [2.45, 2.75) is 20.0 Å². The number of benzene rings is 2. The topological polar surface area (TPSA) is 99.5 Å². The summed E-state index contributed by atoms with van der Waals surface area (Å²) in [6.45, 7) is 4.03. The van der Waals surface area contributed by atoms with Crippen LogP contribution >= 0.6 is 11.6 Å². The van der Waals surface area contributed by atoms with Gasteiger partial charge < -0.3 is 15.4 Å². The monoisotopic (exact) mass is 436 g/mol. The number of nitrogens with zero attached hydrogens (tertiary/aromatic N) is 2. The highest BCUT2D eigenvalue weighted by molar-refractivity contribution is 6.30. The van der Waals surface area contributed by atoms with Crippen LogP contribution in [-0.2, 0) is 0 Å². The van der Waals surface area contributed by atoms with E-state index in [1.807, 2.05) is 32.0 Å². The van der Waals surface area contributed by atoms with Crippen molar-refractivity contribution >= 4 is 23.2 Å². The lowest BCUT2D eigenvalue weighted by Gasteiger charge is -2.11. The van der Waals surface area contributed by atoms with Crippen LogP contribution in [0.25, 0.3) is 16.9 Å². The van der Waals surface area contributed by atoms with Crippen LogP contribution in [-0.4, -0.2) is 31.9 Å². The number of halogens is 1. The van der Waals surface area contributed by atoms with E-state index in [2.05, 4.69) is 15.3 Å². The number of carbonyl (C=O) groups is 1. The van der Waals surface area contributed by atoms with Gasteiger partial charge in [-0.3, -0.25) is 14.0 Å². The quantitative estimate of drug-likeness (QED) is 0.446. The molecule has 2 aromatic heterocycles. The van der Waals surface area contributed by atoms with Crippen molar-refractivity contribution in [2.75, 3.05) is 6.54 Å². The third-order valence-electron chi connectivity index (χ3n) is 5.21. The Labute approximate surface area is 183 Å². The van der Waals surface area contributed by atoms with Crippen molar-refractivity contribution in [2.24, 2.45) is 0 Å². The van der Waals surface area contributed by atoms with Crippen molar-refractivity contribution < 1.29 is 9.90 Å². The van der Waals surface area contributed by atoms with Crippen molar-refractivity contribution in [1.82, 2.24) is 19.7 Å². The minimum atomic E-state index is -0.891. The maximum atomic E-state index is 12.5. The smallest absolute Gasteiger partial charge is 0.292 e. The maximum Gasteiger partial charge on any atom is 0.292 e. The van der Waals surface area contributed by atoms with E-state index in [9.17, 15) is 14.7 Å². The number of aliphatic hydroxyl groups excluding tert-OH is 1. The summed E-state index contributed by atoms with van der Waals surface area (Å²) in [7, 11) is 0. The molecule has 158 valence electrons. The van der Waals surface area contributed by atoms with E-state index >= 15 is 0 Å². The number of carbonyl (C=O) groups excluding carboxylic acids is 1. The van der Waals surface area contributed by atoms with Crippen LogP contribution in [0.4, 0.5) is 0 Å². The fourth-order valence-corrected chi connectivity index (χ4v) is 3.38. The number of H-pyrrole nitrogens is 1. The normalized spacial score (nSPS) is 12.1. The second kappa shape index (κ2) is 8.37. The summed E-state index contributed by atoms with van der Waals surface area (Å²) in [5.74, 6) is -0.483. The van der Waals surface area contributed by atoms with Crippen molar-refractivity contribution in [3.8, 4) is 11.3 Å². The van der Waals surface area contributed by atoms with Gasteiger partial charge in [-0.25, -0.2) is 4.98 Å². The number of aromatic amines is 1. The molecule has 4 rings (SSSR count). The third-order valence-corrected chi connectivity index (χ3v) is 5.47. The molecule has 7 nitrogen and oxygen atoms in total. The molecule has 0 bridgehead atoms. The molecule has 31 heavy (non-hydrogen) atoms. The molecule has 1 atom stereocenters. The van der Waals surface area contributed by atoms with Crippen LogP contribution in [0, 0.1) is 13.8 Å². The first-order chi connectivity index (χ1) is 14.8. The number of amides is 1. The van der Waals surface area contributed by atoms with Crippen LogP contribution in [0.5, 0.6) is 0 Å². The molecule has 3 N–H and O–H groups in total. The van der Waals surface area contributed by atoms with Gasteiger partial charge in [0.2, 0.25) is 5.65 Å². The highest BCUT2D eigenvalue weighted by Crippen LogP contribution is 2.20. The first kappa shape index (κ1) is 20.8. The zero-order chi connectivity index (χ0) is 22.1. The van der Waals surface area contributed by atoms with Crippen molar-refractivity contribution in [3.05, 3.63) is 92.6 Å². The predicted molar refractivity (Wildman–Crippen MR) is 119 cm³/mol. The van der Waals surface area contributed by atoms with Gasteiger partial charge in [-0.2, -0.15) is 0 Å². The van der Waals surface area contributed by atoms with Gasteiger partial charge in [-0.05, 0) is 54.3 Å². The molecule has 0 fully saturated rings. The van der Waals surface area contributed by atoms with Gasteiger partial charge in [0.05, 0.1) is 11.8 Å². The van der Waals surface area contributed by atoms with Gasteiger partial charge in [0.15, 0.2) is 0 Å². The number of aliphatic hydroxyl groups is 1. The second-order valence-corrected chi connectivity index (χ2v) is 7.87. The molecule has 2 heterocycles. The summed E-state index contributed by atoms with van der Waals surface area (Å²) in [5.41, 5.74) is 4.22. The molecule has 0 aliphatic rings. The number of aromatic nitrogens is 3. The van der Waals surface area contributed by atoms with Crippen molar-refractivity contribution in [3.63, 3.8) is 0 Å². The van der Waals surface area contributed by atoms with E-state index < -0.39 is 17.6 Å². The molecule has 1 unspecified atom stereocenters. The first-order valence-corrected chi connectivity index (χ1v) is 10.1. The van der Waals surface area contributed by atoms with E-state index in [1.54, 1.807) is 30.5 Å². The molecule has 0 aliphatic carbocycles. The lowest BCUT2D eigenvalue weighted by molar-refractivity contribution is 0.0912. The highest BCUT2D eigenvalue weighted by atomic mass is 35.5. The molecule has 8 heteroatoms. The fraction of sp³-hybridized carbons (Fsp3) is 0.174. The number of nitrogens with one attached hydrogen (secondary N) is 2. The van der Waals surface area contributed by atoms with E-state index in [-0.39, 0.29) is 17.9 Å². The lowest BCUT2D eigenvalue weighted by Crippen LogP contribution is -2.28. The molecule has 0 saturated carbocycles. The lowest BCUT2D eigenvalue weighted by atomic mass is 10.0. The average molecular weight is 437 g/mol. The molecule has 2 aromatic carbocycles. The second-order valence-electron chi connectivity index (χ2n) is 7.43. The standard InChI is InChI=1S/C23H21ClN4O3/c1-13-3-4-16(9-14(13)2)18-11-28-12-19(26-21(28)23(31)27-18)22(30)25-10-20(29)15-5-7-17(24)8-6-15/h3-9,11-12,20,29H,10H2,1-2H3,(H,25,30)(H,27,31). The Morgan fingerprint density at radius 1 is 1.16 bits per heavy atom. The number of hydrogen-bond acceptors (Lipinski definition) is 4. The Morgan fingerprint density at radius 3 is 2.61 bits per heavy atom. The molecule has 0 spiro atoms. The molecular weight excluding hydrogens is 416 g/mol. The van der Waals surface area contributed by atoms with E-state index in [1.165, 1.54) is 10.6 Å². The highest BCUT2D eigenvalue weighted by Gasteiger charge is 2.16. The van der Waals surface area contributed by atoms with Crippen LogP contribution < -0.4 is 10.9 Å². The Hall–Kier alpha value is -3.42. The Morgan fingerprint density at radius 2 is 1.90 bits per heavy atom. The first-order valence-electron chi connectivity index (χ1n) is 9.73. The summed E-state index contributed by atoms with van der Waals surface area (Å²) < 4.78 is 1.54. The number of hydrogen-bond donors (Lipinski definition) is 3. The maximum absolute atomic E-state index is 12.5. The summed E-state index contributed by atoms with van der Waals surface area (Å²) in [6, 6.07) is 12.6. The molecule has 4 aromatic rings. The van der Waals surface area contributed by atoms with Crippen LogP contribution in [0.1, 0.15) is 33.3 Å². The predicted octanol–water partition coefficient (Wildman–Crippen LogP) is 3.42. The van der Waals surface area contributed by atoms with E-state index in [4.69, 9.17) is 11.6 Å². The zero-order valence-corrected chi connectivity index (χ0v) is 17.8. The number of rotatable bonds is 5. The summed E-state index contributed by atoms with van der Waals surface area (Å²) >= 11 is 5.85. The van der Waals surface area contributed by atoms with Crippen LogP contribution in [0.2, 0.25) is 5.02 Å². The van der Waals surface area contributed by atoms with Crippen LogP contribution in [0.15, 0.2) is 59.7 Å². The van der Waals surface area contributed by atoms with Gasteiger partial charge in [0, 0.05) is 24.0 Å². The molecule has 1 amide bonds. The number of imidazole rings is 1. The Kier molecular flexibility index (Phi) is 5.63. The minimum absolute atomic E-state index is 0.00140. The van der Waals surface area contributed by atoms with Gasteiger partial charge in [-0.15, -0.1) is 0 Å². The molecular formula is C23H21ClN4O3. The molecule has 0 aliphatic heterocycles. The number of aryl methyl sites for hydroxylation is 2. The van der Waals surface area contributed by atoms with Crippen molar-refractivity contribution in [1.29, 1.82) is 0 Å². The fourth-order valence-electron chi connectivity index (χ4n) is 3.26. The molecule has 0 radical (unpaired) electrons. The summed E-state index contributed by atoms with van der Waals surface area (Å²) in [5, 5.41) is 13.5. The van der Waals surface area contributed by atoms with Gasteiger partial charge in [0.1, 0.15) is 5.69 Å². The third kappa shape index (κ3) is 4.38. The van der Waals surface area contributed by atoms with E-state index in [0.29, 0.717) is 16.3 Å². The van der Waals surface area contributed by atoms with Gasteiger partial charge in [0.25, 0.3) is 11.5 Å². The average Bonchev–Trinajstić information content (AvgIpc) is 3.19. The largest absolute Gasteiger partial charge is 0.387 e. The van der Waals surface area contributed by atoms with Gasteiger partial charge in [-0.1, -0.05) is 35.9 Å². The Bertz CT molecular complexity index is 1330. The van der Waals surface area contributed by atoms with Crippen LogP contribution in [0.3, 0.4) is 0 Å². The minimum Gasteiger partial charge on any atom is -0.387 e. The Balaban J connectivity index is 1.55. The number of fused-ring (bicyclic) bond motifs is 1. The van der Waals surface area contributed by atoms with E-state index in [0.717, 1.165) is 16.7 Å². The summed E-state index contributed by atoms with van der Waals surface area (Å²) in [6.07, 6.45) is 2.34. The molecule has 0 saturated heterocycles. The zero-order valence-electron chi connectivity index (χ0n) is 17.0. The SMILES string of the molecule is Cc1ccc(-c2cn3cc(C(=O)NCC(O)c4ccc(Cl)cc4)nc3c(=O)[nH]2)cc1C. The summed E-state index contributed by atoms with van der Waals surface area (Å²) in [4.78, 5) is 32.0. The van der Waals surface area contributed by atoms with Gasteiger partial charge >= 0.3 is 0 Å².